The molecule has 0 unspecified atom stereocenters. The van der Waals surface area contributed by atoms with Crippen molar-refractivity contribution in [1.29, 1.82) is 0 Å². The Kier molecular flexibility index (Phi) is 4.10. The van der Waals surface area contributed by atoms with E-state index in [0.29, 0.717) is 12.2 Å². The lowest BCUT2D eigenvalue weighted by atomic mass is 10.1. The van der Waals surface area contributed by atoms with Gasteiger partial charge in [0.15, 0.2) is 5.69 Å². The zero-order valence-electron chi connectivity index (χ0n) is 14.1. The van der Waals surface area contributed by atoms with Crippen molar-refractivity contribution in [3.05, 3.63) is 72.6 Å². The number of nitrogens with zero attached hydrogens (tertiary/aromatic N) is 3. The number of methoxy groups -OCH3 is 1. The second-order valence-corrected chi connectivity index (χ2v) is 5.82. The maximum absolute atomic E-state index is 12.5. The van der Waals surface area contributed by atoms with Gasteiger partial charge < -0.3 is 14.5 Å². The molecule has 0 atom stereocenters. The van der Waals surface area contributed by atoms with Crippen LogP contribution in [0.4, 0.5) is 0 Å². The lowest BCUT2D eigenvalue weighted by molar-refractivity contribution is 0.0948. The van der Waals surface area contributed by atoms with E-state index in [4.69, 9.17) is 4.74 Å². The molecule has 0 spiro atoms. The molecule has 0 fully saturated rings. The number of fused-ring (bicyclic) bond motifs is 1. The van der Waals surface area contributed by atoms with E-state index in [2.05, 4.69) is 20.5 Å². The number of H-pyrrole nitrogens is 1. The van der Waals surface area contributed by atoms with E-state index in [1.807, 2.05) is 53.2 Å². The van der Waals surface area contributed by atoms with Gasteiger partial charge in [-0.15, -0.1) is 0 Å². The Bertz CT molecular complexity index is 1050. The molecule has 0 saturated carbocycles. The Balaban J connectivity index is 1.53. The average molecular weight is 347 g/mol. The van der Waals surface area contributed by atoms with E-state index in [-0.39, 0.29) is 5.91 Å². The second kappa shape index (κ2) is 6.72. The summed E-state index contributed by atoms with van der Waals surface area (Å²) < 4.78 is 7.03. The highest BCUT2D eigenvalue weighted by atomic mass is 16.5. The van der Waals surface area contributed by atoms with Gasteiger partial charge in [0.25, 0.3) is 5.91 Å². The number of amides is 1. The van der Waals surface area contributed by atoms with Crippen LogP contribution in [0.2, 0.25) is 0 Å². The average Bonchev–Trinajstić information content (AvgIpc) is 3.35. The number of aromatic nitrogens is 4. The molecule has 0 aliphatic rings. The molecule has 7 nitrogen and oxygen atoms in total. The number of hydrogen-bond donors (Lipinski definition) is 2. The predicted octanol–water partition coefficient (Wildman–Crippen LogP) is 2.66. The normalized spacial score (nSPS) is 10.8. The van der Waals surface area contributed by atoms with Gasteiger partial charge in [0, 0.05) is 30.1 Å². The van der Waals surface area contributed by atoms with Crippen LogP contribution in [0, 0.1) is 0 Å². The van der Waals surface area contributed by atoms with Crippen molar-refractivity contribution in [1.82, 2.24) is 24.9 Å². The maximum atomic E-state index is 12.5. The molecule has 1 amide bonds. The first-order valence-corrected chi connectivity index (χ1v) is 8.11. The number of carbonyl (C=O) groups excluding carboxylic acids is 1. The topological polar surface area (TPSA) is 84.3 Å². The van der Waals surface area contributed by atoms with E-state index in [0.717, 1.165) is 28.0 Å². The number of benzene rings is 1. The fraction of sp³-hybridized carbons (Fsp3) is 0.105. The maximum Gasteiger partial charge on any atom is 0.272 e. The molecule has 26 heavy (non-hydrogen) atoms. The van der Waals surface area contributed by atoms with Crippen LogP contribution >= 0.6 is 0 Å². The Morgan fingerprint density at radius 2 is 2.19 bits per heavy atom. The molecule has 1 aromatic carbocycles. The van der Waals surface area contributed by atoms with Crippen molar-refractivity contribution in [3.63, 3.8) is 0 Å². The summed E-state index contributed by atoms with van der Waals surface area (Å²) >= 11 is 0. The van der Waals surface area contributed by atoms with Crippen LogP contribution in [0.25, 0.3) is 16.6 Å². The summed E-state index contributed by atoms with van der Waals surface area (Å²) in [5.41, 5.74) is 4.08. The summed E-state index contributed by atoms with van der Waals surface area (Å²) in [5, 5.41) is 9.65. The summed E-state index contributed by atoms with van der Waals surface area (Å²) in [6.45, 7) is 0.405. The van der Waals surface area contributed by atoms with Gasteiger partial charge in [-0.05, 0) is 23.8 Å². The first kappa shape index (κ1) is 15.9. The molecule has 3 aromatic heterocycles. The highest BCUT2D eigenvalue weighted by molar-refractivity contribution is 5.99. The molecule has 0 bridgehead atoms. The van der Waals surface area contributed by atoms with E-state index in [9.17, 15) is 4.79 Å². The number of hydrogen-bond acceptors (Lipinski definition) is 4. The smallest absolute Gasteiger partial charge is 0.272 e. The summed E-state index contributed by atoms with van der Waals surface area (Å²) in [6.07, 6.45) is 7.13. The minimum Gasteiger partial charge on any atom is -0.497 e. The van der Waals surface area contributed by atoms with Gasteiger partial charge in [-0.2, -0.15) is 5.10 Å². The lowest BCUT2D eigenvalue weighted by Crippen LogP contribution is -2.23. The van der Waals surface area contributed by atoms with Gasteiger partial charge in [0.05, 0.1) is 18.8 Å². The molecular weight excluding hydrogens is 330 g/mol. The van der Waals surface area contributed by atoms with Crippen molar-refractivity contribution in [2.24, 2.45) is 0 Å². The Morgan fingerprint density at radius 3 is 3.00 bits per heavy atom. The number of carbonyl (C=O) groups is 1. The Labute approximate surface area is 149 Å². The van der Waals surface area contributed by atoms with Crippen LogP contribution in [0.3, 0.4) is 0 Å². The Hall–Kier alpha value is -3.61. The van der Waals surface area contributed by atoms with Crippen molar-refractivity contribution in [3.8, 4) is 16.9 Å². The molecule has 4 rings (SSSR count). The van der Waals surface area contributed by atoms with Crippen LogP contribution in [-0.2, 0) is 6.54 Å². The standard InChI is InChI=1S/C19H17N5O2/c1-26-16-4-2-3-13(7-16)8-20-19(25)18-17-6-5-14(11-24(17)12-21-18)15-9-22-23-10-15/h2-7,9-12H,8H2,1H3,(H,20,25)(H,22,23). The van der Waals surface area contributed by atoms with Crippen LogP contribution in [0.1, 0.15) is 16.1 Å². The summed E-state index contributed by atoms with van der Waals surface area (Å²) in [7, 11) is 1.62. The van der Waals surface area contributed by atoms with Gasteiger partial charge in [0.2, 0.25) is 0 Å². The second-order valence-electron chi connectivity index (χ2n) is 5.82. The minimum absolute atomic E-state index is 0.216. The monoisotopic (exact) mass is 347 g/mol. The zero-order chi connectivity index (χ0) is 17.9. The van der Waals surface area contributed by atoms with Gasteiger partial charge in [-0.1, -0.05) is 18.2 Å². The van der Waals surface area contributed by atoms with Crippen molar-refractivity contribution in [2.45, 2.75) is 6.54 Å². The van der Waals surface area contributed by atoms with E-state index < -0.39 is 0 Å². The van der Waals surface area contributed by atoms with Crippen molar-refractivity contribution in [2.75, 3.05) is 7.11 Å². The molecule has 2 N–H and O–H groups in total. The van der Waals surface area contributed by atoms with Gasteiger partial charge >= 0.3 is 0 Å². The molecule has 7 heteroatoms. The zero-order valence-corrected chi connectivity index (χ0v) is 14.1. The SMILES string of the molecule is COc1cccc(CNC(=O)c2ncn3cc(-c4cn[nH]c4)ccc23)c1. The van der Waals surface area contributed by atoms with E-state index in [1.165, 1.54) is 0 Å². The number of rotatable bonds is 5. The third-order valence-electron chi connectivity index (χ3n) is 4.16. The molecule has 0 saturated heterocycles. The van der Waals surface area contributed by atoms with Crippen molar-refractivity contribution < 1.29 is 9.53 Å². The minimum atomic E-state index is -0.216. The van der Waals surface area contributed by atoms with Gasteiger partial charge in [0.1, 0.15) is 12.1 Å². The number of nitrogens with one attached hydrogen (secondary N) is 2. The lowest BCUT2D eigenvalue weighted by Gasteiger charge is -2.06. The molecule has 130 valence electrons. The van der Waals surface area contributed by atoms with Crippen LogP contribution in [-0.4, -0.2) is 32.6 Å². The van der Waals surface area contributed by atoms with Crippen LogP contribution in [0.5, 0.6) is 5.75 Å². The number of ether oxygens (including phenoxy) is 1. The van der Waals surface area contributed by atoms with Crippen molar-refractivity contribution >= 4 is 11.4 Å². The Morgan fingerprint density at radius 1 is 1.27 bits per heavy atom. The van der Waals surface area contributed by atoms with Crippen LogP contribution in [0.15, 0.2) is 61.3 Å². The summed E-state index contributed by atoms with van der Waals surface area (Å²) in [5.74, 6) is 0.544. The van der Waals surface area contributed by atoms with Crippen LogP contribution < -0.4 is 10.1 Å². The molecule has 0 aliphatic carbocycles. The third-order valence-corrected chi connectivity index (χ3v) is 4.16. The molecular formula is C19H17N5O2. The molecule has 4 aromatic rings. The number of aromatic amines is 1. The van der Waals surface area contributed by atoms with Gasteiger partial charge in [-0.3, -0.25) is 9.89 Å². The highest BCUT2D eigenvalue weighted by Crippen LogP contribution is 2.20. The first-order chi connectivity index (χ1) is 12.7. The van der Waals surface area contributed by atoms with E-state index >= 15 is 0 Å². The molecule has 3 heterocycles. The fourth-order valence-electron chi connectivity index (χ4n) is 2.80. The number of pyridine rings is 1. The third kappa shape index (κ3) is 3.02. The summed E-state index contributed by atoms with van der Waals surface area (Å²) in [6, 6.07) is 11.4. The summed E-state index contributed by atoms with van der Waals surface area (Å²) in [4.78, 5) is 16.8. The molecule has 0 radical (unpaired) electrons. The van der Waals surface area contributed by atoms with Gasteiger partial charge in [-0.25, -0.2) is 4.98 Å². The molecule has 0 aliphatic heterocycles. The highest BCUT2D eigenvalue weighted by Gasteiger charge is 2.14. The quantitative estimate of drug-likeness (QED) is 0.581. The van der Waals surface area contributed by atoms with E-state index in [1.54, 1.807) is 19.6 Å². The predicted molar refractivity (Wildman–Crippen MR) is 96.9 cm³/mol. The largest absolute Gasteiger partial charge is 0.497 e. The fourth-order valence-corrected chi connectivity index (χ4v) is 2.80. The number of imidazole rings is 1. The first-order valence-electron chi connectivity index (χ1n) is 8.11.